The summed E-state index contributed by atoms with van der Waals surface area (Å²) in [4.78, 5) is 14.3. The zero-order valence-corrected chi connectivity index (χ0v) is 12.8. The lowest BCUT2D eigenvalue weighted by molar-refractivity contribution is 0.0743. The fourth-order valence-electron chi connectivity index (χ4n) is 2.63. The van der Waals surface area contributed by atoms with Gasteiger partial charge in [0.2, 0.25) is 10.0 Å². The Kier molecular flexibility index (Phi) is 3.72. The van der Waals surface area contributed by atoms with Gasteiger partial charge in [-0.25, -0.2) is 13.6 Å². The van der Waals surface area contributed by atoms with Crippen molar-refractivity contribution in [2.45, 2.75) is 37.4 Å². The van der Waals surface area contributed by atoms with E-state index in [0.717, 1.165) is 24.3 Å². The average Bonchev–Trinajstić information content (AvgIpc) is 2.80. The second-order valence-corrected chi connectivity index (χ2v) is 7.89. The zero-order chi connectivity index (χ0) is 14.4. The quantitative estimate of drug-likeness (QED) is 0.900. The molecule has 0 saturated carbocycles. The Bertz CT molecular complexity index is 606. The predicted octanol–water partition coefficient (Wildman–Crippen LogP) is 1.57. The topological polar surface area (TPSA) is 80.5 Å². The Morgan fingerprint density at radius 3 is 2.53 bits per heavy atom. The van der Waals surface area contributed by atoms with Crippen LogP contribution in [0.4, 0.5) is 0 Å². The number of rotatable bonds is 2. The summed E-state index contributed by atoms with van der Waals surface area (Å²) in [6.07, 6.45) is 0.983. The first-order valence-corrected chi connectivity index (χ1v) is 8.56. The van der Waals surface area contributed by atoms with Gasteiger partial charge in [0, 0.05) is 18.0 Å². The normalized spacial score (nSPS) is 23.9. The molecule has 1 aromatic rings. The third-order valence-corrected chi connectivity index (χ3v) is 6.21. The van der Waals surface area contributed by atoms with Crippen LogP contribution in [-0.4, -0.2) is 31.8 Å². The molecular weight excluding hydrogens is 284 g/mol. The second kappa shape index (κ2) is 4.88. The minimum absolute atomic E-state index is 0.0794. The number of carbonyl (C=O) groups is 1. The molecule has 1 saturated heterocycles. The Balaban J connectivity index is 2.33. The molecule has 0 bridgehead atoms. The van der Waals surface area contributed by atoms with Crippen molar-refractivity contribution < 1.29 is 13.2 Å². The fraction of sp³-hybridized carbons (Fsp3) is 0.583. The molecule has 1 aromatic heterocycles. The van der Waals surface area contributed by atoms with Gasteiger partial charge in [0.1, 0.15) is 4.21 Å². The van der Waals surface area contributed by atoms with Crippen molar-refractivity contribution in [3.8, 4) is 0 Å². The zero-order valence-electron chi connectivity index (χ0n) is 11.2. The molecule has 2 rings (SSSR count). The number of carbonyl (C=O) groups excluding carboxylic acids is 1. The third-order valence-electron chi connectivity index (χ3n) is 3.53. The summed E-state index contributed by atoms with van der Waals surface area (Å²) in [6.45, 7) is 6.48. The summed E-state index contributed by atoms with van der Waals surface area (Å²) in [5.41, 5.74) is 0.916. The van der Waals surface area contributed by atoms with E-state index in [-0.39, 0.29) is 16.2 Å². The third kappa shape index (κ3) is 2.68. The minimum atomic E-state index is -3.75. The van der Waals surface area contributed by atoms with Gasteiger partial charge in [-0.2, -0.15) is 0 Å². The van der Waals surface area contributed by atoms with Crippen molar-refractivity contribution in [2.75, 3.05) is 6.54 Å². The Labute approximate surface area is 117 Å². The SMILES string of the molecule is Cc1c(C(=O)N2CC(C)CC2C)csc1S(N)(=O)=O. The number of nitrogens with zero attached hydrogens (tertiary/aromatic N) is 1. The van der Waals surface area contributed by atoms with Crippen LogP contribution in [0.2, 0.25) is 0 Å². The van der Waals surface area contributed by atoms with Crippen LogP contribution in [0.3, 0.4) is 0 Å². The summed E-state index contributed by atoms with van der Waals surface area (Å²) in [5.74, 6) is 0.385. The molecule has 19 heavy (non-hydrogen) atoms. The van der Waals surface area contributed by atoms with Gasteiger partial charge in [-0.3, -0.25) is 4.79 Å². The molecule has 106 valence electrons. The molecule has 2 unspecified atom stereocenters. The molecule has 5 nitrogen and oxygen atoms in total. The van der Waals surface area contributed by atoms with E-state index >= 15 is 0 Å². The molecule has 2 atom stereocenters. The van der Waals surface area contributed by atoms with Crippen LogP contribution in [0.25, 0.3) is 0 Å². The highest BCUT2D eigenvalue weighted by Gasteiger charge is 2.32. The van der Waals surface area contributed by atoms with E-state index in [1.54, 1.807) is 12.3 Å². The van der Waals surface area contributed by atoms with Crippen LogP contribution in [0.15, 0.2) is 9.59 Å². The first kappa shape index (κ1) is 14.5. The van der Waals surface area contributed by atoms with E-state index in [1.165, 1.54) is 0 Å². The summed E-state index contributed by atoms with van der Waals surface area (Å²) in [6, 6.07) is 0.194. The van der Waals surface area contributed by atoms with Crippen molar-refractivity contribution >= 4 is 27.3 Å². The van der Waals surface area contributed by atoms with Gasteiger partial charge in [-0.1, -0.05) is 6.92 Å². The summed E-state index contributed by atoms with van der Waals surface area (Å²) < 4.78 is 22.9. The van der Waals surface area contributed by atoms with Crippen LogP contribution in [0.1, 0.15) is 36.2 Å². The molecule has 1 aliphatic heterocycles. The molecule has 1 aliphatic rings. The van der Waals surface area contributed by atoms with E-state index in [9.17, 15) is 13.2 Å². The van der Waals surface area contributed by atoms with Crippen LogP contribution in [0.5, 0.6) is 0 Å². The Hall–Kier alpha value is -0.920. The van der Waals surface area contributed by atoms with Gasteiger partial charge in [-0.05, 0) is 31.7 Å². The summed E-state index contributed by atoms with van der Waals surface area (Å²) in [5, 5.41) is 6.72. The highest BCUT2D eigenvalue weighted by molar-refractivity contribution is 7.91. The molecule has 2 heterocycles. The maximum Gasteiger partial charge on any atom is 0.255 e. The van der Waals surface area contributed by atoms with Crippen molar-refractivity contribution in [3.05, 3.63) is 16.5 Å². The molecule has 2 N–H and O–H groups in total. The number of likely N-dealkylation sites (tertiary alicyclic amines) is 1. The predicted molar refractivity (Wildman–Crippen MR) is 74.7 cm³/mol. The van der Waals surface area contributed by atoms with Crippen LogP contribution in [-0.2, 0) is 10.0 Å². The molecule has 7 heteroatoms. The van der Waals surface area contributed by atoms with Gasteiger partial charge in [0.15, 0.2) is 0 Å². The van der Waals surface area contributed by atoms with E-state index in [4.69, 9.17) is 5.14 Å². The number of amides is 1. The number of primary sulfonamides is 1. The van der Waals surface area contributed by atoms with Gasteiger partial charge >= 0.3 is 0 Å². The van der Waals surface area contributed by atoms with Crippen molar-refractivity contribution in [1.82, 2.24) is 4.90 Å². The van der Waals surface area contributed by atoms with E-state index in [0.29, 0.717) is 17.0 Å². The smallest absolute Gasteiger partial charge is 0.255 e. The van der Waals surface area contributed by atoms with Crippen LogP contribution in [0, 0.1) is 12.8 Å². The molecular formula is C12H18N2O3S2. The van der Waals surface area contributed by atoms with E-state index in [2.05, 4.69) is 6.92 Å². The summed E-state index contributed by atoms with van der Waals surface area (Å²) in [7, 11) is -3.75. The molecule has 1 fully saturated rings. The minimum Gasteiger partial charge on any atom is -0.336 e. The number of hydrogen-bond donors (Lipinski definition) is 1. The van der Waals surface area contributed by atoms with E-state index in [1.807, 2.05) is 11.8 Å². The molecule has 0 spiro atoms. The largest absolute Gasteiger partial charge is 0.336 e. The first-order chi connectivity index (χ1) is 8.71. The highest BCUT2D eigenvalue weighted by atomic mass is 32.2. The van der Waals surface area contributed by atoms with Crippen LogP contribution >= 0.6 is 11.3 Å². The number of hydrogen-bond acceptors (Lipinski definition) is 4. The maximum atomic E-state index is 12.5. The second-order valence-electron chi connectivity index (χ2n) is 5.25. The lowest BCUT2D eigenvalue weighted by atomic mass is 10.1. The Morgan fingerprint density at radius 1 is 1.47 bits per heavy atom. The van der Waals surface area contributed by atoms with Gasteiger partial charge in [-0.15, -0.1) is 11.3 Å². The maximum absolute atomic E-state index is 12.5. The average molecular weight is 302 g/mol. The number of nitrogens with two attached hydrogens (primary N) is 1. The Morgan fingerprint density at radius 2 is 2.11 bits per heavy atom. The lowest BCUT2D eigenvalue weighted by Crippen LogP contribution is -2.34. The van der Waals surface area contributed by atoms with Gasteiger partial charge < -0.3 is 4.90 Å². The van der Waals surface area contributed by atoms with Gasteiger partial charge in [0.05, 0.1) is 5.56 Å². The van der Waals surface area contributed by atoms with E-state index < -0.39 is 10.0 Å². The van der Waals surface area contributed by atoms with Crippen molar-refractivity contribution in [3.63, 3.8) is 0 Å². The summed E-state index contributed by atoms with van der Waals surface area (Å²) >= 11 is 1.01. The highest BCUT2D eigenvalue weighted by Crippen LogP contribution is 2.30. The number of thiophene rings is 1. The molecule has 0 radical (unpaired) electrons. The van der Waals surface area contributed by atoms with Gasteiger partial charge in [0.25, 0.3) is 5.91 Å². The number of sulfonamides is 1. The fourth-order valence-corrected chi connectivity index (χ4v) is 4.63. The standard InChI is InChI=1S/C12H18N2O3S2/c1-7-4-8(2)14(5-7)11(15)10-6-18-12(9(10)3)19(13,16)17/h6-8H,4-5H2,1-3H3,(H2,13,16,17). The van der Waals surface area contributed by atoms with Crippen LogP contribution < -0.4 is 5.14 Å². The van der Waals surface area contributed by atoms with Crippen molar-refractivity contribution in [1.29, 1.82) is 0 Å². The first-order valence-electron chi connectivity index (χ1n) is 6.13. The lowest BCUT2D eigenvalue weighted by Gasteiger charge is -2.21. The van der Waals surface area contributed by atoms with Crippen molar-refractivity contribution in [2.24, 2.45) is 11.1 Å². The monoisotopic (exact) mass is 302 g/mol. The molecule has 1 amide bonds. The molecule has 0 aliphatic carbocycles. The molecule has 0 aromatic carbocycles.